The summed E-state index contributed by atoms with van der Waals surface area (Å²) in [4.78, 5) is 1.25. The van der Waals surface area contributed by atoms with Gasteiger partial charge in [0, 0.05) is 10.9 Å². The number of thiophene rings is 1. The van der Waals surface area contributed by atoms with E-state index < -0.39 is 0 Å². The Labute approximate surface area is 119 Å². The highest BCUT2D eigenvalue weighted by Gasteiger charge is 2.08. The van der Waals surface area contributed by atoms with Gasteiger partial charge in [-0.15, -0.1) is 11.3 Å². The van der Waals surface area contributed by atoms with Crippen molar-refractivity contribution in [1.29, 1.82) is 0 Å². The van der Waals surface area contributed by atoms with E-state index in [9.17, 15) is 0 Å². The molecule has 0 fully saturated rings. The van der Waals surface area contributed by atoms with Gasteiger partial charge in [-0.25, -0.2) is 0 Å². The smallest absolute Gasteiger partial charge is 0.125 e. The van der Waals surface area contributed by atoms with Crippen LogP contribution in [0.15, 0.2) is 29.6 Å². The largest absolute Gasteiger partial charge is 0.488 e. The Morgan fingerprint density at radius 1 is 1.26 bits per heavy atom. The van der Waals surface area contributed by atoms with Gasteiger partial charge in [-0.3, -0.25) is 0 Å². The van der Waals surface area contributed by atoms with Crippen LogP contribution in [-0.2, 0) is 13.0 Å². The van der Waals surface area contributed by atoms with E-state index in [4.69, 9.17) is 10.5 Å². The lowest BCUT2D eigenvalue weighted by Crippen LogP contribution is -2.18. The molecule has 1 atom stereocenters. The second kappa shape index (κ2) is 6.22. The molecule has 0 aliphatic carbocycles. The molecule has 1 unspecified atom stereocenters. The normalized spacial score (nSPS) is 12.4. The summed E-state index contributed by atoms with van der Waals surface area (Å²) in [7, 11) is 0. The van der Waals surface area contributed by atoms with Crippen molar-refractivity contribution in [2.24, 2.45) is 5.73 Å². The third-order valence-corrected chi connectivity index (χ3v) is 3.87. The number of ether oxygens (including phenoxy) is 1. The second-order valence-electron chi connectivity index (χ2n) is 5.11. The summed E-state index contributed by atoms with van der Waals surface area (Å²) in [6, 6.07) is 8.70. The molecule has 0 amide bonds. The Balaban J connectivity index is 2.12. The van der Waals surface area contributed by atoms with Crippen LogP contribution >= 0.6 is 11.3 Å². The summed E-state index contributed by atoms with van der Waals surface area (Å²) in [5.41, 5.74) is 9.52. The van der Waals surface area contributed by atoms with Crippen LogP contribution in [0.5, 0.6) is 5.75 Å². The van der Waals surface area contributed by atoms with E-state index in [0.29, 0.717) is 6.61 Å². The molecule has 2 rings (SSSR count). The van der Waals surface area contributed by atoms with E-state index in [-0.39, 0.29) is 6.04 Å². The van der Waals surface area contributed by atoms with Gasteiger partial charge in [-0.2, -0.15) is 0 Å². The van der Waals surface area contributed by atoms with Crippen LogP contribution in [0.25, 0.3) is 0 Å². The average molecular weight is 275 g/mol. The van der Waals surface area contributed by atoms with E-state index in [1.165, 1.54) is 21.6 Å². The van der Waals surface area contributed by atoms with Crippen molar-refractivity contribution < 1.29 is 4.74 Å². The first-order valence-electron chi connectivity index (χ1n) is 6.57. The molecule has 0 aliphatic rings. The van der Waals surface area contributed by atoms with Crippen molar-refractivity contribution >= 4 is 11.3 Å². The number of rotatable bonds is 5. The maximum Gasteiger partial charge on any atom is 0.125 e. The van der Waals surface area contributed by atoms with E-state index >= 15 is 0 Å². The number of benzene rings is 1. The zero-order chi connectivity index (χ0) is 13.8. The van der Waals surface area contributed by atoms with E-state index in [0.717, 1.165) is 12.2 Å². The molecule has 2 aromatic rings. The average Bonchev–Trinajstić information content (AvgIpc) is 2.79. The van der Waals surface area contributed by atoms with Gasteiger partial charge < -0.3 is 10.5 Å². The summed E-state index contributed by atoms with van der Waals surface area (Å²) in [5, 5.41) is 2.07. The summed E-state index contributed by atoms with van der Waals surface area (Å²) in [5.74, 6) is 1.00. The summed E-state index contributed by atoms with van der Waals surface area (Å²) < 4.78 is 5.95. The van der Waals surface area contributed by atoms with Crippen molar-refractivity contribution in [3.05, 3.63) is 51.2 Å². The Morgan fingerprint density at radius 2 is 1.95 bits per heavy atom. The van der Waals surface area contributed by atoms with E-state index in [2.05, 4.69) is 43.5 Å². The monoisotopic (exact) mass is 275 g/mol. The Hall–Kier alpha value is -1.32. The molecule has 1 heterocycles. The fourth-order valence-corrected chi connectivity index (χ4v) is 2.91. The first-order chi connectivity index (χ1) is 9.06. The zero-order valence-electron chi connectivity index (χ0n) is 11.8. The third-order valence-electron chi connectivity index (χ3n) is 3.02. The molecule has 1 aromatic heterocycles. The number of hydrogen-bond acceptors (Lipinski definition) is 3. The first-order valence-corrected chi connectivity index (χ1v) is 7.45. The molecule has 2 N–H and O–H groups in total. The van der Waals surface area contributed by atoms with Gasteiger partial charge in [0.25, 0.3) is 0 Å². The fourth-order valence-electron chi connectivity index (χ4n) is 2.30. The van der Waals surface area contributed by atoms with Crippen molar-refractivity contribution in [3.8, 4) is 5.75 Å². The quantitative estimate of drug-likeness (QED) is 0.900. The predicted molar refractivity (Wildman–Crippen MR) is 81.9 cm³/mol. The maximum absolute atomic E-state index is 5.95. The van der Waals surface area contributed by atoms with Crippen molar-refractivity contribution in [1.82, 2.24) is 0 Å². The molecule has 102 valence electrons. The van der Waals surface area contributed by atoms with Gasteiger partial charge in [-0.1, -0.05) is 18.2 Å². The molecule has 0 saturated carbocycles. The van der Waals surface area contributed by atoms with Crippen molar-refractivity contribution in [3.63, 3.8) is 0 Å². The fraction of sp³-hybridized carbons (Fsp3) is 0.375. The highest BCUT2D eigenvalue weighted by atomic mass is 32.1. The van der Waals surface area contributed by atoms with Crippen LogP contribution in [0.2, 0.25) is 0 Å². The summed E-state index contributed by atoms with van der Waals surface area (Å²) >= 11 is 1.72. The molecular formula is C16H21NOS. The van der Waals surface area contributed by atoms with E-state index in [1.54, 1.807) is 11.3 Å². The topological polar surface area (TPSA) is 35.2 Å². The van der Waals surface area contributed by atoms with Crippen LogP contribution in [0.3, 0.4) is 0 Å². The molecule has 0 bridgehead atoms. The van der Waals surface area contributed by atoms with Gasteiger partial charge in [0.2, 0.25) is 0 Å². The molecule has 3 heteroatoms. The zero-order valence-corrected chi connectivity index (χ0v) is 12.6. The van der Waals surface area contributed by atoms with Crippen LogP contribution in [0, 0.1) is 13.8 Å². The SMILES string of the molecule is Cc1cc(CC(C)N)cc(C)c1OCc1cccs1. The maximum atomic E-state index is 5.95. The standard InChI is InChI=1S/C16H21NOS/c1-11-7-14(9-13(3)17)8-12(2)16(11)18-10-15-5-4-6-19-15/h4-8,13H,9-10,17H2,1-3H3. The summed E-state index contributed by atoms with van der Waals surface area (Å²) in [6.07, 6.45) is 0.910. The molecule has 0 radical (unpaired) electrons. The molecule has 19 heavy (non-hydrogen) atoms. The van der Waals surface area contributed by atoms with Gasteiger partial charge in [0.05, 0.1) is 0 Å². The summed E-state index contributed by atoms with van der Waals surface area (Å²) in [6.45, 7) is 6.88. The van der Waals surface area contributed by atoms with Gasteiger partial charge in [-0.05, 0) is 55.3 Å². The van der Waals surface area contributed by atoms with Crippen molar-refractivity contribution in [2.45, 2.75) is 39.8 Å². The minimum absolute atomic E-state index is 0.191. The number of hydrogen-bond donors (Lipinski definition) is 1. The van der Waals surface area contributed by atoms with Gasteiger partial charge >= 0.3 is 0 Å². The molecule has 1 aromatic carbocycles. The minimum atomic E-state index is 0.191. The lowest BCUT2D eigenvalue weighted by molar-refractivity contribution is 0.305. The van der Waals surface area contributed by atoms with Crippen LogP contribution < -0.4 is 10.5 Å². The highest BCUT2D eigenvalue weighted by molar-refractivity contribution is 7.09. The first kappa shape index (κ1) is 14.1. The van der Waals surface area contributed by atoms with Gasteiger partial charge in [0.1, 0.15) is 12.4 Å². The van der Waals surface area contributed by atoms with E-state index in [1.807, 2.05) is 6.92 Å². The molecule has 0 spiro atoms. The van der Waals surface area contributed by atoms with Crippen LogP contribution in [-0.4, -0.2) is 6.04 Å². The molecule has 0 saturated heterocycles. The number of aryl methyl sites for hydroxylation is 2. The molecular weight excluding hydrogens is 254 g/mol. The third kappa shape index (κ3) is 3.82. The van der Waals surface area contributed by atoms with Gasteiger partial charge in [0.15, 0.2) is 0 Å². The highest BCUT2D eigenvalue weighted by Crippen LogP contribution is 2.26. The second-order valence-corrected chi connectivity index (χ2v) is 6.14. The van der Waals surface area contributed by atoms with Crippen LogP contribution in [0.4, 0.5) is 0 Å². The Morgan fingerprint density at radius 3 is 2.47 bits per heavy atom. The lowest BCUT2D eigenvalue weighted by Gasteiger charge is -2.14. The predicted octanol–water partition coefficient (Wildman–Crippen LogP) is 3.83. The molecule has 0 aliphatic heterocycles. The molecule has 2 nitrogen and oxygen atoms in total. The Bertz CT molecular complexity index is 509. The Kier molecular flexibility index (Phi) is 4.61. The van der Waals surface area contributed by atoms with Crippen LogP contribution in [0.1, 0.15) is 28.5 Å². The van der Waals surface area contributed by atoms with Crippen molar-refractivity contribution in [2.75, 3.05) is 0 Å². The number of nitrogens with two attached hydrogens (primary N) is 1. The lowest BCUT2D eigenvalue weighted by atomic mass is 10.0. The minimum Gasteiger partial charge on any atom is -0.488 e.